The van der Waals surface area contributed by atoms with Crippen molar-refractivity contribution in [2.75, 3.05) is 26.7 Å². The highest BCUT2D eigenvalue weighted by Gasteiger charge is 2.25. The van der Waals surface area contributed by atoms with Gasteiger partial charge in [0.05, 0.1) is 6.10 Å². The van der Waals surface area contributed by atoms with E-state index >= 15 is 0 Å². The summed E-state index contributed by atoms with van der Waals surface area (Å²) in [5, 5.41) is 2.78. The summed E-state index contributed by atoms with van der Waals surface area (Å²) in [5.74, 6) is -0.192. The zero-order valence-electron chi connectivity index (χ0n) is 17.3. The first kappa shape index (κ1) is 20.8. The van der Waals surface area contributed by atoms with Crippen LogP contribution in [0.15, 0.2) is 41.3 Å². The Morgan fingerprint density at radius 1 is 1.28 bits per heavy atom. The van der Waals surface area contributed by atoms with Gasteiger partial charge in [0.25, 0.3) is 11.5 Å². The summed E-state index contributed by atoms with van der Waals surface area (Å²) in [4.78, 5) is 38.9. The lowest BCUT2D eigenvalue weighted by atomic mass is 10.0. The van der Waals surface area contributed by atoms with Crippen molar-refractivity contribution in [2.45, 2.75) is 32.8 Å². The summed E-state index contributed by atoms with van der Waals surface area (Å²) >= 11 is 0. The second-order valence-corrected chi connectivity index (χ2v) is 7.72. The zero-order chi connectivity index (χ0) is 21.1. The average molecular weight is 397 g/mol. The molecular formula is C22H27N3O4. The van der Waals surface area contributed by atoms with Crippen LogP contribution >= 0.6 is 0 Å². The largest absolute Gasteiger partial charge is 0.365 e. The van der Waals surface area contributed by atoms with E-state index in [4.69, 9.17) is 4.74 Å². The fourth-order valence-electron chi connectivity index (χ4n) is 3.32. The second-order valence-electron chi connectivity index (χ2n) is 7.72. The molecule has 1 atom stereocenters. The third kappa shape index (κ3) is 4.56. The topological polar surface area (TPSA) is 80.6 Å². The molecule has 0 bridgehead atoms. The summed E-state index contributed by atoms with van der Waals surface area (Å²) in [6.45, 7) is 6.56. The van der Waals surface area contributed by atoms with Gasteiger partial charge in [-0.3, -0.25) is 19.0 Å². The van der Waals surface area contributed by atoms with Crippen LogP contribution in [0.5, 0.6) is 0 Å². The molecule has 0 aliphatic carbocycles. The van der Waals surface area contributed by atoms with E-state index in [0.717, 1.165) is 11.3 Å². The Kier molecular flexibility index (Phi) is 6.17. The van der Waals surface area contributed by atoms with Crippen LogP contribution in [0.4, 0.5) is 0 Å². The fraction of sp³-hybridized carbons (Fsp3) is 0.409. The molecule has 2 aromatic rings. The molecule has 7 nitrogen and oxygen atoms in total. The first-order valence-electron chi connectivity index (χ1n) is 9.74. The molecule has 1 aliphatic rings. The van der Waals surface area contributed by atoms with E-state index in [2.05, 4.69) is 19.2 Å². The number of morpholine rings is 1. The maximum atomic E-state index is 13.1. The number of pyridine rings is 1. The molecule has 0 spiro atoms. The molecule has 1 unspecified atom stereocenters. The van der Waals surface area contributed by atoms with Gasteiger partial charge in [-0.15, -0.1) is 0 Å². The third-order valence-electron chi connectivity index (χ3n) is 5.18. The number of nitrogens with zero attached hydrogens (tertiary/aromatic N) is 2. The summed E-state index contributed by atoms with van der Waals surface area (Å²) in [6.07, 6.45) is 1.40. The van der Waals surface area contributed by atoms with Gasteiger partial charge in [0.2, 0.25) is 5.91 Å². The first-order chi connectivity index (χ1) is 13.8. The lowest BCUT2D eigenvalue weighted by Gasteiger charge is -2.29. The van der Waals surface area contributed by atoms with Gasteiger partial charge in [0.1, 0.15) is 12.2 Å². The number of carbonyl (C=O) groups is 2. The number of amides is 2. The minimum atomic E-state index is -0.440. The van der Waals surface area contributed by atoms with Crippen molar-refractivity contribution in [3.63, 3.8) is 0 Å². The van der Waals surface area contributed by atoms with Gasteiger partial charge in [-0.25, -0.2) is 0 Å². The number of rotatable bonds is 5. The predicted octanol–water partition coefficient (Wildman–Crippen LogP) is 1.86. The number of aromatic nitrogens is 1. The van der Waals surface area contributed by atoms with Crippen LogP contribution < -0.4 is 10.9 Å². The van der Waals surface area contributed by atoms with Crippen molar-refractivity contribution in [1.82, 2.24) is 14.8 Å². The van der Waals surface area contributed by atoms with Crippen molar-refractivity contribution in [1.29, 1.82) is 0 Å². The predicted molar refractivity (Wildman–Crippen MR) is 111 cm³/mol. The summed E-state index contributed by atoms with van der Waals surface area (Å²) in [5.41, 5.74) is 2.21. The number of ether oxygens (including phenoxy) is 1. The molecule has 1 saturated heterocycles. The minimum Gasteiger partial charge on any atom is -0.365 e. The van der Waals surface area contributed by atoms with Gasteiger partial charge < -0.3 is 15.0 Å². The number of aryl methyl sites for hydroxylation is 1. The van der Waals surface area contributed by atoms with Crippen LogP contribution in [0.3, 0.4) is 0 Å². The van der Waals surface area contributed by atoms with E-state index in [1.807, 2.05) is 24.3 Å². The van der Waals surface area contributed by atoms with E-state index < -0.39 is 5.91 Å². The van der Waals surface area contributed by atoms with E-state index in [-0.39, 0.29) is 36.3 Å². The molecule has 0 saturated carbocycles. The molecule has 3 rings (SSSR count). The normalized spacial score (nSPS) is 16.9. The highest BCUT2D eigenvalue weighted by molar-refractivity contribution is 5.95. The molecule has 0 radical (unpaired) electrons. The molecule has 1 aromatic carbocycles. The molecule has 1 N–H and O–H groups in total. The van der Waals surface area contributed by atoms with Crippen molar-refractivity contribution in [3.8, 4) is 5.69 Å². The van der Waals surface area contributed by atoms with Gasteiger partial charge >= 0.3 is 0 Å². The highest BCUT2D eigenvalue weighted by atomic mass is 16.5. The van der Waals surface area contributed by atoms with Crippen molar-refractivity contribution < 1.29 is 14.3 Å². The fourth-order valence-corrected chi connectivity index (χ4v) is 3.32. The summed E-state index contributed by atoms with van der Waals surface area (Å²) in [7, 11) is 1.70. The molecule has 1 aliphatic heterocycles. The Morgan fingerprint density at radius 3 is 2.72 bits per heavy atom. The van der Waals surface area contributed by atoms with Crippen LogP contribution in [0.25, 0.3) is 5.69 Å². The van der Waals surface area contributed by atoms with E-state index in [1.54, 1.807) is 31.1 Å². The van der Waals surface area contributed by atoms with Crippen molar-refractivity contribution in [2.24, 2.45) is 0 Å². The molecule has 2 amide bonds. The quantitative estimate of drug-likeness (QED) is 0.835. The van der Waals surface area contributed by atoms with Crippen LogP contribution in [-0.4, -0.2) is 54.1 Å². The maximum absolute atomic E-state index is 13.1. The van der Waals surface area contributed by atoms with Crippen LogP contribution in [0.1, 0.15) is 41.3 Å². The smallest absolute Gasteiger partial charge is 0.268 e. The van der Waals surface area contributed by atoms with Crippen LogP contribution in [0, 0.1) is 6.92 Å². The Bertz CT molecular complexity index is 980. The third-order valence-corrected chi connectivity index (χ3v) is 5.18. The van der Waals surface area contributed by atoms with Gasteiger partial charge in [-0.2, -0.15) is 0 Å². The molecule has 29 heavy (non-hydrogen) atoms. The van der Waals surface area contributed by atoms with E-state index in [1.165, 1.54) is 4.57 Å². The molecular weight excluding hydrogens is 370 g/mol. The SMILES string of the molecule is Cc1ccn(-c2cccc(C(C)C)c2)c(=O)c1C(=O)NCC1CN(C)C(=O)CO1. The molecule has 1 aromatic heterocycles. The minimum absolute atomic E-state index is 0.000396. The van der Waals surface area contributed by atoms with Crippen molar-refractivity contribution in [3.05, 3.63) is 63.6 Å². The molecule has 154 valence electrons. The number of benzene rings is 1. The average Bonchev–Trinajstić information content (AvgIpc) is 2.69. The number of carbonyl (C=O) groups excluding carboxylic acids is 2. The van der Waals surface area contributed by atoms with Crippen LogP contribution in [-0.2, 0) is 9.53 Å². The molecule has 1 fully saturated rings. The van der Waals surface area contributed by atoms with Gasteiger partial charge in [0, 0.05) is 32.0 Å². The zero-order valence-corrected chi connectivity index (χ0v) is 17.3. The lowest BCUT2D eigenvalue weighted by Crippen LogP contribution is -2.49. The monoisotopic (exact) mass is 397 g/mol. The Morgan fingerprint density at radius 2 is 2.03 bits per heavy atom. The van der Waals surface area contributed by atoms with E-state index in [0.29, 0.717) is 18.0 Å². The standard InChI is InChI=1S/C22H27N3O4/c1-14(2)16-6-5-7-17(10-16)25-9-8-15(3)20(22(25)28)21(27)23-11-18-12-24(4)19(26)13-29-18/h5-10,14,18H,11-13H2,1-4H3,(H,23,27). The van der Waals surface area contributed by atoms with Crippen molar-refractivity contribution >= 4 is 11.8 Å². The highest BCUT2D eigenvalue weighted by Crippen LogP contribution is 2.18. The molecule has 2 heterocycles. The number of hydrogen-bond acceptors (Lipinski definition) is 4. The number of likely N-dealkylation sites (N-methyl/N-ethyl adjacent to an activating group) is 1. The lowest BCUT2D eigenvalue weighted by molar-refractivity contribution is -0.146. The van der Waals surface area contributed by atoms with E-state index in [9.17, 15) is 14.4 Å². The Hall–Kier alpha value is -2.93. The van der Waals surface area contributed by atoms with Crippen LogP contribution in [0.2, 0.25) is 0 Å². The molecule has 7 heteroatoms. The second kappa shape index (κ2) is 8.61. The first-order valence-corrected chi connectivity index (χ1v) is 9.74. The summed E-state index contributed by atoms with van der Waals surface area (Å²) in [6, 6.07) is 9.52. The Labute approximate surface area is 170 Å². The summed E-state index contributed by atoms with van der Waals surface area (Å²) < 4.78 is 6.94. The van der Waals surface area contributed by atoms with Gasteiger partial charge in [-0.05, 0) is 42.2 Å². The maximum Gasteiger partial charge on any atom is 0.268 e. The number of hydrogen-bond donors (Lipinski definition) is 1. The van der Waals surface area contributed by atoms with Gasteiger partial charge in [0.15, 0.2) is 0 Å². The Balaban J connectivity index is 1.82. The van der Waals surface area contributed by atoms with Gasteiger partial charge in [-0.1, -0.05) is 26.0 Å². The number of nitrogens with one attached hydrogen (secondary N) is 1.